The summed E-state index contributed by atoms with van der Waals surface area (Å²) in [6.07, 6.45) is 0. The van der Waals surface area contributed by atoms with E-state index in [4.69, 9.17) is 5.73 Å². The molecule has 0 aromatic heterocycles. The Balaban J connectivity index is 3.06. The fourth-order valence-corrected chi connectivity index (χ4v) is 0.960. The maximum absolute atomic E-state index is 9.39. The molecule has 1 aromatic rings. The summed E-state index contributed by atoms with van der Waals surface area (Å²) in [5.74, 6) is 0. The van der Waals surface area contributed by atoms with Crippen LogP contribution in [0.15, 0.2) is 24.3 Å². The molecule has 0 aliphatic rings. The smallest absolute Gasteiger partial charge is 0.136 e. The normalized spacial score (nSPS) is 16.0. The predicted octanol–water partition coefficient (Wildman–Crippen LogP) is 1.12. The molecule has 0 heterocycles. The summed E-state index contributed by atoms with van der Waals surface area (Å²) in [6, 6.07) is 7.54. The van der Waals surface area contributed by atoms with Crippen LogP contribution in [0.25, 0.3) is 0 Å². The molecule has 1 aromatic carbocycles. The van der Waals surface area contributed by atoms with Gasteiger partial charge in [0.25, 0.3) is 0 Å². The number of benzene rings is 1. The van der Waals surface area contributed by atoms with Gasteiger partial charge in [0.05, 0.1) is 0 Å². The summed E-state index contributed by atoms with van der Waals surface area (Å²) in [7, 11) is 0. The summed E-state index contributed by atoms with van der Waals surface area (Å²) in [5.41, 5.74) is 6.12. The highest BCUT2D eigenvalue weighted by molar-refractivity contribution is 5.25. The van der Waals surface area contributed by atoms with Gasteiger partial charge in [-0.05, 0) is 19.4 Å². The second kappa shape index (κ2) is 2.64. The Hall–Kier alpha value is -0.860. The van der Waals surface area contributed by atoms with Crippen LogP contribution in [0, 0.1) is 6.92 Å². The van der Waals surface area contributed by atoms with Crippen molar-refractivity contribution in [3.8, 4) is 0 Å². The van der Waals surface area contributed by atoms with Gasteiger partial charge in [0, 0.05) is 0 Å². The number of hydrogen-bond acceptors (Lipinski definition) is 2. The molecule has 0 aliphatic carbocycles. The van der Waals surface area contributed by atoms with Crippen LogP contribution in [0.1, 0.15) is 18.1 Å². The third-order valence-corrected chi connectivity index (χ3v) is 1.60. The summed E-state index contributed by atoms with van der Waals surface area (Å²) in [5, 5.41) is 9.39. The maximum Gasteiger partial charge on any atom is 0.136 e. The molecule has 1 atom stereocenters. The van der Waals surface area contributed by atoms with Gasteiger partial charge in [-0.3, -0.25) is 0 Å². The van der Waals surface area contributed by atoms with E-state index in [0.717, 1.165) is 11.1 Å². The summed E-state index contributed by atoms with van der Waals surface area (Å²) >= 11 is 0. The zero-order valence-corrected chi connectivity index (χ0v) is 6.83. The van der Waals surface area contributed by atoms with E-state index >= 15 is 0 Å². The summed E-state index contributed by atoms with van der Waals surface area (Å²) in [4.78, 5) is 0. The Labute approximate surface area is 66.7 Å². The van der Waals surface area contributed by atoms with Gasteiger partial charge in [-0.2, -0.15) is 0 Å². The molecule has 1 unspecified atom stereocenters. The van der Waals surface area contributed by atoms with Crippen LogP contribution in [-0.4, -0.2) is 5.11 Å². The van der Waals surface area contributed by atoms with E-state index in [1.165, 1.54) is 0 Å². The highest BCUT2D eigenvalue weighted by Gasteiger charge is 2.15. The Morgan fingerprint density at radius 1 is 1.45 bits per heavy atom. The fraction of sp³-hybridized carbons (Fsp3) is 0.333. The first-order chi connectivity index (χ1) is 5.00. The van der Waals surface area contributed by atoms with Gasteiger partial charge in [-0.1, -0.05) is 29.8 Å². The monoisotopic (exact) mass is 151 g/mol. The van der Waals surface area contributed by atoms with Crippen LogP contribution in [0.5, 0.6) is 0 Å². The maximum atomic E-state index is 9.39. The topological polar surface area (TPSA) is 46.2 Å². The van der Waals surface area contributed by atoms with Crippen molar-refractivity contribution in [2.45, 2.75) is 19.6 Å². The first-order valence-electron chi connectivity index (χ1n) is 3.58. The van der Waals surface area contributed by atoms with Crippen molar-refractivity contribution in [3.63, 3.8) is 0 Å². The van der Waals surface area contributed by atoms with E-state index in [0.29, 0.717) is 0 Å². The summed E-state index contributed by atoms with van der Waals surface area (Å²) in [6.45, 7) is 3.54. The van der Waals surface area contributed by atoms with E-state index in [1.807, 2.05) is 31.2 Å². The quantitative estimate of drug-likeness (QED) is 0.591. The van der Waals surface area contributed by atoms with Gasteiger partial charge in [-0.25, -0.2) is 0 Å². The minimum atomic E-state index is -1.22. The van der Waals surface area contributed by atoms with Gasteiger partial charge in [-0.15, -0.1) is 0 Å². The van der Waals surface area contributed by atoms with Gasteiger partial charge in [0.15, 0.2) is 0 Å². The van der Waals surface area contributed by atoms with Crippen molar-refractivity contribution >= 4 is 0 Å². The third kappa shape index (κ3) is 2.03. The number of hydrogen-bond donors (Lipinski definition) is 2. The van der Waals surface area contributed by atoms with E-state index in [-0.39, 0.29) is 0 Å². The zero-order chi connectivity index (χ0) is 8.48. The van der Waals surface area contributed by atoms with Crippen molar-refractivity contribution in [2.24, 2.45) is 5.73 Å². The lowest BCUT2D eigenvalue weighted by atomic mass is 10.0. The number of rotatable bonds is 1. The zero-order valence-electron chi connectivity index (χ0n) is 6.83. The van der Waals surface area contributed by atoms with E-state index < -0.39 is 5.72 Å². The second-order valence-electron chi connectivity index (χ2n) is 3.02. The standard InChI is InChI=1S/C9H13NO/c1-7-4-3-5-8(6-7)9(2,10)11/h3-6,11H,10H2,1-2H3. The molecule has 0 radical (unpaired) electrons. The Kier molecular flexibility index (Phi) is 1.98. The average Bonchev–Trinajstić information content (AvgIpc) is 1.86. The van der Waals surface area contributed by atoms with Crippen LogP contribution < -0.4 is 5.73 Å². The van der Waals surface area contributed by atoms with Gasteiger partial charge >= 0.3 is 0 Å². The molecule has 2 nitrogen and oxygen atoms in total. The van der Waals surface area contributed by atoms with Crippen LogP contribution in [0.2, 0.25) is 0 Å². The minimum Gasteiger partial charge on any atom is -0.372 e. The molecule has 0 spiro atoms. The molecule has 0 aliphatic heterocycles. The van der Waals surface area contributed by atoms with Crippen molar-refractivity contribution in [1.29, 1.82) is 0 Å². The predicted molar refractivity (Wildman–Crippen MR) is 44.9 cm³/mol. The molecule has 0 amide bonds. The minimum absolute atomic E-state index is 0.748. The van der Waals surface area contributed by atoms with E-state index in [1.54, 1.807) is 6.92 Å². The highest BCUT2D eigenvalue weighted by atomic mass is 16.3. The van der Waals surface area contributed by atoms with Crippen LogP contribution >= 0.6 is 0 Å². The molecule has 0 bridgehead atoms. The number of nitrogens with two attached hydrogens (primary N) is 1. The SMILES string of the molecule is Cc1cccc(C(C)(N)O)c1. The Morgan fingerprint density at radius 2 is 2.09 bits per heavy atom. The molecule has 11 heavy (non-hydrogen) atoms. The molecule has 0 saturated heterocycles. The Bertz CT molecular complexity index is 250. The van der Waals surface area contributed by atoms with Gasteiger partial charge < -0.3 is 10.8 Å². The molecular formula is C9H13NO. The van der Waals surface area contributed by atoms with Crippen molar-refractivity contribution in [1.82, 2.24) is 0 Å². The lowest BCUT2D eigenvalue weighted by Crippen LogP contribution is -2.32. The molecule has 2 heteroatoms. The van der Waals surface area contributed by atoms with Gasteiger partial charge in [0.2, 0.25) is 0 Å². The fourth-order valence-electron chi connectivity index (χ4n) is 0.960. The van der Waals surface area contributed by atoms with Crippen molar-refractivity contribution in [3.05, 3.63) is 35.4 Å². The van der Waals surface area contributed by atoms with Crippen molar-refractivity contribution < 1.29 is 5.11 Å². The van der Waals surface area contributed by atoms with Crippen LogP contribution in [-0.2, 0) is 5.72 Å². The molecule has 3 N–H and O–H groups in total. The van der Waals surface area contributed by atoms with Gasteiger partial charge in [0.1, 0.15) is 5.72 Å². The first kappa shape index (κ1) is 8.24. The molecular weight excluding hydrogens is 138 g/mol. The molecule has 1 rings (SSSR count). The first-order valence-corrected chi connectivity index (χ1v) is 3.58. The van der Waals surface area contributed by atoms with E-state index in [2.05, 4.69) is 0 Å². The molecule has 0 fully saturated rings. The lowest BCUT2D eigenvalue weighted by molar-refractivity contribution is 0.0647. The average molecular weight is 151 g/mol. The number of aliphatic hydroxyl groups is 1. The second-order valence-corrected chi connectivity index (χ2v) is 3.02. The van der Waals surface area contributed by atoms with Crippen LogP contribution in [0.4, 0.5) is 0 Å². The van der Waals surface area contributed by atoms with E-state index in [9.17, 15) is 5.11 Å². The third-order valence-electron chi connectivity index (χ3n) is 1.60. The molecule has 60 valence electrons. The largest absolute Gasteiger partial charge is 0.372 e. The van der Waals surface area contributed by atoms with Crippen molar-refractivity contribution in [2.75, 3.05) is 0 Å². The Morgan fingerprint density at radius 3 is 2.45 bits per heavy atom. The lowest BCUT2D eigenvalue weighted by Gasteiger charge is -2.17. The highest BCUT2D eigenvalue weighted by Crippen LogP contribution is 2.14. The summed E-state index contributed by atoms with van der Waals surface area (Å²) < 4.78 is 0. The molecule has 0 saturated carbocycles. The van der Waals surface area contributed by atoms with Crippen LogP contribution in [0.3, 0.4) is 0 Å². The number of aryl methyl sites for hydroxylation is 1.